The van der Waals surface area contributed by atoms with Gasteiger partial charge in [-0.05, 0) is 0 Å². The Hall–Kier alpha value is -2.50. The van der Waals surface area contributed by atoms with Gasteiger partial charge in [-0.25, -0.2) is 9.97 Å². The molecule has 1 aromatic carbocycles. The molecule has 1 N–H and O–H groups in total. The first-order chi connectivity index (χ1) is 9.81. The molecule has 0 unspecified atom stereocenters. The van der Waals surface area contributed by atoms with E-state index in [9.17, 15) is 10.1 Å². The predicted octanol–water partition coefficient (Wildman–Crippen LogP) is 3.39. The van der Waals surface area contributed by atoms with Crippen molar-refractivity contribution in [3.8, 4) is 11.3 Å². The number of anilines is 1. The summed E-state index contributed by atoms with van der Waals surface area (Å²) < 4.78 is 0. The van der Waals surface area contributed by atoms with Gasteiger partial charge in [0.05, 0.1) is 10.6 Å². The number of aromatic nitrogens is 2. The topological polar surface area (TPSA) is 81.0 Å². The van der Waals surface area contributed by atoms with Crippen molar-refractivity contribution in [3.63, 3.8) is 0 Å². The molecular weight excluding hydrogens is 268 g/mol. The molecule has 0 aliphatic heterocycles. The summed E-state index contributed by atoms with van der Waals surface area (Å²) >= 11 is 0. The van der Waals surface area contributed by atoms with Gasteiger partial charge in [-0.2, -0.15) is 0 Å². The standard InChI is InChI=1S/C15H18N4O2/c1-15(2,3)14-17-12(9-13(16-4)18-14)10-6-5-7-11(8-10)19(20)21/h5-9H,1-4H3,(H,16,17,18). The molecule has 0 fully saturated rings. The SMILES string of the molecule is CNc1cc(-c2cccc([N+](=O)[O-])c2)nc(C(C)(C)C)n1. The van der Waals surface area contributed by atoms with Crippen LogP contribution in [0.25, 0.3) is 11.3 Å². The van der Waals surface area contributed by atoms with Crippen LogP contribution in [0.15, 0.2) is 30.3 Å². The van der Waals surface area contributed by atoms with Gasteiger partial charge in [0.1, 0.15) is 11.6 Å². The van der Waals surface area contributed by atoms with Crippen LogP contribution in [-0.4, -0.2) is 21.9 Å². The lowest BCUT2D eigenvalue weighted by Gasteiger charge is -2.18. The molecule has 0 radical (unpaired) electrons. The highest BCUT2D eigenvalue weighted by Gasteiger charge is 2.20. The average molecular weight is 286 g/mol. The molecule has 0 saturated carbocycles. The number of nitrogens with one attached hydrogen (secondary N) is 1. The number of non-ortho nitro benzene ring substituents is 1. The molecule has 2 rings (SSSR count). The van der Waals surface area contributed by atoms with Crippen molar-refractivity contribution >= 4 is 11.5 Å². The summed E-state index contributed by atoms with van der Waals surface area (Å²) in [7, 11) is 1.78. The lowest BCUT2D eigenvalue weighted by Crippen LogP contribution is -2.17. The Balaban J connectivity index is 2.58. The normalized spacial score (nSPS) is 11.2. The van der Waals surface area contributed by atoms with Crippen molar-refractivity contribution in [1.82, 2.24) is 9.97 Å². The molecular formula is C15H18N4O2. The van der Waals surface area contributed by atoms with E-state index in [4.69, 9.17) is 0 Å². The van der Waals surface area contributed by atoms with E-state index >= 15 is 0 Å². The van der Waals surface area contributed by atoms with Crippen molar-refractivity contribution in [3.05, 3.63) is 46.3 Å². The summed E-state index contributed by atoms with van der Waals surface area (Å²) in [4.78, 5) is 19.5. The average Bonchev–Trinajstić information content (AvgIpc) is 2.46. The molecule has 21 heavy (non-hydrogen) atoms. The summed E-state index contributed by atoms with van der Waals surface area (Å²) in [6.07, 6.45) is 0. The molecule has 6 heteroatoms. The third-order valence-electron chi connectivity index (χ3n) is 3.01. The summed E-state index contributed by atoms with van der Waals surface area (Å²) in [5, 5.41) is 13.9. The molecule has 1 heterocycles. The van der Waals surface area contributed by atoms with Gasteiger partial charge in [0.25, 0.3) is 5.69 Å². The van der Waals surface area contributed by atoms with E-state index < -0.39 is 4.92 Å². The van der Waals surface area contributed by atoms with Crippen molar-refractivity contribution < 1.29 is 4.92 Å². The number of nitrogens with zero attached hydrogens (tertiary/aromatic N) is 3. The highest BCUT2D eigenvalue weighted by molar-refractivity contribution is 5.65. The monoisotopic (exact) mass is 286 g/mol. The Morgan fingerprint density at radius 2 is 1.90 bits per heavy atom. The molecule has 0 atom stereocenters. The lowest BCUT2D eigenvalue weighted by molar-refractivity contribution is -0.384. The minimum Gasteiger partial charge on any atom is -0.373 e. The maximum atomic E-state index is 10.9. The predicted molar refractivity (Wildman–Crippen MR) is 82.4 cm³/mol. The van der Waals surface area contributed by atoms with Crippen molar-refractivity contribution in [2.45, 2.75) is 26.2 Å². The van der Waals surface area contributed by atoms with Crippen molar-refractivity contribution in [2.24, 2.45) is 0 Å². The Morgan fingerprint density at radius 1 is 1.19 bits per heavy atom. The fourth-order valence-corrected chi connectivity index (χ4v) is 1.84. The second kappa shape index (κ2) is 5.47. The molecule has 0 saturated heterocycles. The quantitative estimate of drug-likeness (QED) is 0.691. The van der Waals surface area contributed by atoms with Crippen LogP contribution in [0.4, 0.5) is 11.5 Å². The van der Waals surface area contributed by atoms with E-state index in [1.807, 2.05) is 20.8 Å². The van der Waals surface area contributed by atoms with Crippen LogP contribution >= 0.6 is 0 Å². The van der Waals surface area contributed by atoms with Crippen LogP contribution in [0.5, 0.6) is 0 Å². The molecule has 110 valence electrons. The van der Waals surface area contributed by atoms with Gasteiger partial charge in [-0.3, -0.25) is 10.1 Å². The van der Waals surface area contributed by atoms with E-state index in [0.717, 1.165) is 0 Å². The van der Waals surface area contributed by atoms with Crippen molar-refractivity contribution in [2.75, 3.05) is 12.4 Å². The van der Waals surface area contributed by atoms with E-state index in [-0.39, 0.29) is 11.1 Å². The summed E-state index contributed by atoms with van der Waals surface area (Å²) in [5.74, 6) is 1.38. The molecule has 0 aliphatic carbocycles. The van der Waals surface area contributed by atoms with E-state index in [1.54, 1.807) is 25.2 Å². The largest absolute Gasteiger partial charge is 0.373 e. The lowest BCUT2D eigenvalue weighted by atomic mass is 9.95. The van der Waals surface area contributed by atoms with Crippen LogP contribution in [0.2, 0.25) is 0 Å². The van der Waals surface area contributed by atoms with Gasteiger partial charge < -0.3 is 5.32 Å². The smallest absolute Gasteiger partial charge is 0.270 e. The van der Waals surface area contributed by atoms with E-state index in [0.29, 0.717) is 22.9 Å². The number of rotatable bonds is 3. The van der Waals surface area contributed by atoms with E-state index in [2.05, 4.69) is 15.3 Å². The molecule has 1 aromatic heterocycles. The number of nitro benzene ring substituents is 1. The van der Waals surface area contributed by atoms with Gasteiger partial charge in [0.2, 0.25) is 0 Å². The second-order valence-corrected chi connectivity index (χ2v) is 5.77. The van der Waals surface area contributed by atoms with Crippen molar-refractivity contribution in [1.29, 1.82) is 0 Å². The first kappa shape index (κ1) is 14.9. The Kier molecular flexibility index (Phi) is 3.88. The Bertz CT molecular complexity index is 678. The van der Waals surface area contributed by atoms with Gasteiger partial charge in [0, 0.05) is 36.2 Å². The highest BCUT2D eigenvalue weighted by atomic mass is 16.6. The zero-order chi connectivity index (χ0) is 15.6. The zero-order valence-electron chi connectivity index (χ0n) is 12.5. The van der Waals surface area contributed by atoms with Gasteiger partial charge >= 0.3 is 0 Å². The van der Waals surface area contributed by atoms with Gasteiger partial charge in [-0.15, -0.1) is 0 Å². The first-order valence-corrected chi connectivity index (χ1v) is 6.63. The second-order valence-electron chi connectivity index (χ2n) is 5.77. The molecule has 0 bridgehead atoms. The van der Waals surface area contributed by atoms with E-state index in [1.165, 1.54) is 12.1 Å². The fourth-order valence-electron chi connectivity index (χ4n) is 1.84. The van der Waals surface area contributed by atoms with Gasteiger partial charge in [0.15, 0.2) is 0 Å². The first-order valence-electron chi connectivity index (χ1n) is 6.63. The molecule has 0 spiro atoms. The summed E-state index contributed by atoms with van der Waals surface area (Å²) in [5.41, 5.74) is 1.22. The number of benzene rings is 1. The van der Waals surface area contributed by atoms with Crippen LogP contribution in [0.3, 0.4) is 0 Å². The molecule has 0 aliphatic rings. The summed E-state index contributed by atoms with van der Waals surface area (Å²) in [6.45, 7) is 6.08. The minimum atomic E-state index is -0.408. The van der Waals surface area contributed by atoms with Gasteiger partial charge in [-0.1, -0.05) is 32.9 Å². The molecule has 0 amide bonds. The third-order valence-corrected chi connectivity index (χ3v) is 3.01. The molecule has 6 nitrogen and oxygen atoms in total. The maximum Gasteiger partial charge on any atom is 0.270 e. The van der Waals surface area contributed by atoms with Crippen LogP contribution in [0, 0.1) is 10.1 Å². The fraction of sp³-hybridized carbons (Fsp3) is 0.333. The molecule has 2 aromatic rings. The number of nitro groups is 1. The third kappa shape index (κ3) is 3.34. The Labute approximate surface area is 123 Å². The number of hydrogen-bond donors (Lipinski definition) is 1. The van der Waals surface area contributed by atoms with Crippen LogP contribution in [-0.2, 0) is 5.41 Å². The van der Waals surface area contributed by atoms with Crippen LogP contribution in [0.1, 0.15) is 26.6 Å². The maximum absolute atomic E-state index is 10.9. The highest BCUT2D eigenvalue weighted by Crippen LogP contribution is 2.27. The zero-order valence-corrected chi connectivity index (χ0v) is 12.5. The van der Waals surface area contributed by atoms with Crippen LogP contribution < -0.4 is 5.32 Å². The summed E-state index contributed by atoms with van der Waals surface area (Å²) in [6, 6.07) is 8.24. The Morgan fingerprint density at radius 3 is 2.48 bits per heavy atom. The minimum absolute atomic E-state index is 0.0504. The number of hydrogen-bond acceptors (Lipinski definition) is 5.